The molecule has 0 amide bonds. The van der Waals surface area contributed by atoms with Gasteiger partial charge >= 0.3 is 5.97 Å². The molecule has 0 unspecified atom stereocenters. The first-order valence-electron chi connectivity index (χ1n) is 5.29. The second-order valence-electron chi connectivity index (χ2n) is 4.27. The van der Waals surface area contributed by atoms with Crippen molar-refractivity contribution in [3.8, 4) is 0 Å². The van der Waals surface area contributed by atoms with Crippen LogP contribution in [0.4, 0.5) is 0 Å². The third-order valence-corrected chi connectivity index (χ3v) is 2.60. The summed E-state index contributed by atoms with van der Waals surface area (Å²) in [6, 6.07) is 0.940. The van der Waals surface area contributed by atoms with Crippen LogP contribution in [0.3, 0.4) is 0 Å². The first kappa shape index (κ1) is 11.5. The van der Waals surface area contributed by atoms with Crippen molar-refractivity contribution in [3.05, 3.63) is 0 Å². The van der Waals surface area contributed by atoms with Gasteiger partial charge in [0.25, 0.3) is 0 Å². The summed E-state index contributed by atoms with van der Waals surface area (Å²) in [5.74, 6) is -0.756. The zero-order valence-corrected chi connectivity index (χ0v) is 8.92. The number of rotatable bonds is 6. The minimum Gasteiger partial charge on any atom is -0.481 e. The van der Waals surface area contributed by atoms with Gasteiger partial charge in [0, 0.05) is 25.2 Å². The molecule has 0 aromatic rings. The van der Waals surface area contributed by atoms with E-state index in [1.165, 1.54) is 0 Å². The Morgan fingerprint density at radius 3 is 2.57 bits per heavy atom. The van der Waals surface area contributed by atoms with E-state index in [1.54, 1.807) is 0 Å². The molecule has 0 heterocycles. The van der Waals surface area contributed by atoms with E-state index in [-0.39, 0.29) is 5.92 Å². The minimum absolute atomic E-state index is 0.106. The van der Waals surface area contributed by atoms with E-state index in [1.807, 2.05) is 0 Å². The molecule has 0 radical (unpaired) electrons. The molecule has 0 saturated heterocycles. The van der Waals surface area contributed by atoms with E-state index in [9.17, 15) is 4.79 Å². The van der Waals surface area contributed by atoms with Crippen molar-refractivity contribution in [3.63, 3.8) is 0 Å². The van der Waals surface area contributed by atoms with Crippen LogP contribution in [0.25, 0.3) is 0 Å². The number of carboxylic acid groups (broad SMARTS) is 1. The first-order valence-corrected chi connectivity index (χ1v) is 5.29. The van der Waals surface area contributed by atoms with Crippen LogP contribution in [0, 0.1) is 5.92 Å². The van der Waals surface area contributed by atoms with Crippen LogP contribution >= 0.6 is 0 Å². The molecule has 1 saturated carbocycles. The molecule has 4 nitrogen and oxygen atoms in total. The maximum absolute atomic E-state index is 10.5. The minimum atomic E-state index is -0.650. The van der Waals surface area contributed by atoms with Crippen LogP contribution in [0.2, 0.25) is 0 Å². The van der Waals surface area contributed by atoms with E-state index in [4.69, 9.17) is 5.11 Å². The van der Waals surface area contributed by atoms with Crippen LogP contribution < -0.4 is 10.6 Å². The van der Waals surface area contributed by atoms with Crippen molar-refractivity contribution >= 4 is 5.97 Å². The van der Waals surface area contributed by atoms with Crippen LogP contribution in [-0.2, 0) is 4.79 Å². The molecule has 0 aromatic heterocycles. The third-order valence-electron chi connectivity index (χ3n) is 2.60. The topological polar surface area (TPSA) is 61.4 Å². The Balaban J connectivity index is 1.93. The fourth-order valence-electron chi connectivity index (χ4n) is 1.62. The standard InChI is InChI=1S/C10H20N2O2/c1-7(2)11-3-4-12-9-5-8(6-9)10(13)14/h7-9,11-12H,3-6H2,1-2H3,(H,13,14)/t8-,9-. The number of aliphatic carboxylic acids is 1. The number of hydrogen-bond donors (Lipinski definition) is 3. The molecule has 0 atom stereocenters. The van der Waals surface area contributed by atoms with Crippen molar-refractivity contribution in [2.75, 3.05) is 13.1 Å². The van der Waals surface area contributed by atoms with Gasteiger partial charge in [-0.2, -0.15) is 0 Å². The molecule has 1 aliphatic rings. The van der Waals surface area contributed by atoms with Crippen molar-refractivity contribution < 1.29 is 9.90 Å². The highest BCUT2D eigenvalue weighted by Crippen LogP contribution is 2.26. The average molecular weight is 200 g/mol. The highest BCUT2D eigenvalue weighted by Gasteiger charge is 2.33. The quantitative estimate of drug-likeness (QED) is 0.544. The molecule has 0 aliphatic heterocycles. The summed E-state index contributed by atoms with van der Waals surface area (Å²) in [5.41, 5.74) is 0. The summed E-state index contributed by atoms with van der Waals surface area (Å²) in [7, 11) is 0. The molecule has 4 heteroatoms. The van der Waals surface area contributed by atoms with Crippen LogP contribution in [0.15, 0.2) is 0 Å². The SMILES string of the molecule is CC(C)NCCN[C@H]1C[C@H](C(=O)O)C1. The van der Waals surface area contributed by atoms with Gasteiger partial charge in [-0.15, -0.1) is 0 Å². The fourth-order valence-corrected chi connectivity index (χ4v) is 1.62. The number of carbonyl (C=O) groups is 1. The van der Waals surface area contributed by atoms with E-state index in [0.717, 1.165) is 25.9 Å². The first-order chi connectivity index (χ1) is 6.59. The highest BCUT2D eigenvalue weighted by atomic mass is 16.4. The van der Waals surface area contributed by atoms with Gasteiger partial charge in [0.15, 0.2) is 0 Å². The fraction of sp³-hybridized carbons (Fsp3) is 0.900. The molecule has 0 spiro atoms. The summed E-state index contributed by atoms with van der Waals surface area (Å²) in [5, 5.41) is 15.3. The number of nitrogens with one attached hydrogen (secondary N) is 2. The van der Waals surface area contributed by atoms with Gasteiger partial charge in [0.1, 0.15) is 0 Å². The largest absolute Gasteiger partial charge is 0.481 e. The molecule has 1 aliphatic carbocycles. The second kappa shape index (κ2) is 5.32. The summed E-state index contributed by atoms with van der Waals surface area (Å²) in [6.07, 6.45) is 1.58. The molecule has 1 fully saturated rings. The van der Waals surface area contributed by atoms with Crippen LogP contribution in [0.1, 0.15) is 26.7 Å². The summed E-state index contributed by atoms with van der Waals surface area (Å²) in [4.78, 5) is 10.5. The maximum Gasteiger partial charge on any atom is 0.306 e. The van der Waals surface area contributed by atoms with E-state index in [0.29, 0.717) is 12.1 Å². The van der Waals surface area contributed by atoms with Crippen LogP contribution in [0.5, 0.6) is 0 Å². The Bertz CT molecular complexity index is 189. The van der Waals surface area contributed by atoms with Crippen molar-refractivity contribution in [2.24, 2.45) is 5.92 Å². The molecule has 14 heavy (non-hydrogen) atoms. The predicted molar refractivity (Wildman–Crippen MR) is 55.3 cm³/mol. The lowest BCUT2D eigenvalue weighted by Crippen LogP contribution is -2.46. The molecule has 3 N–H and O–H groups in total. The Morgan fingerprint density at radius 1 is 1.43 bits per heavy atom. The molecular formula is C10H20N2O2. The maximum atomic E-state index is 10.5. The van der Waals surface area contributed by atoms with E-state index >= 15 is 0 Å². The van der Waals surface area contributed by atoms with E-state index < -0.39 is 5.97 Å². The summed E-state index contributed by atoms with van der Waals surface area (Å²) >= 11 is 0. The smallest absolute Gasteiger partial charge is 0.306 e. The molecule has 0 aromatic carbocycles. The van der Waals surface area contributed by atoms with Gasteiger partial charge in [0.05, 0.1) is 5.92 Å². The van der Waals surface area contributed by atoms with Crippen LogP contribution in [-0.4, -0.2) is 36.2 Å². The lowest BCUT2D eigenvalue weighted by atomic mass is 9.80. The Kier molecular flexibility index (Phi) is 4.35. The second-order valence-corrected chi connectivity index (χ2v) is 4.27. The normalized spacial score (nSPS) is 26.2. The Labute approximate surface area is 85.1 Å². The van der Waals surface area contributed by atoms with Gasteiger partial charge in [-0.25, -0.2) is 0 Å². The Morgan fingerprint density at radius 2 is 2.07 bits per heavy atom. The zero-order valence-electron chi connectivity index (χ0n) is 8.92. The van der Waals surface area contributed by atoms with E-state index in [2.05, 4.69) is 24.5 Å². The van der Waals surface area contributed by atoms with Gasteiger partial charge in [0.2, 0.25) is 0 Å². The highest BCUT2D eigenvalue weighted by molar-refractivity contribution is 5.71. The van der Waals surface area contributed by atoms with Gasteiger partial charge in [-0.1, -0.05) is 13.8 Å². The molecule has 82 valence electrons. The van der Waals surface area contributed by atoms with Gasteiger partial charge in [-0.05, 0) is 12.8 Å². The van der Waals surface area contributed by atoms with Crippen molar-refractivity contribution in [1.29, 1.82) is 0 Å². The molecule has 1 rings (SSSR count). The van der Waals surface area contributed by atoms with Gasteiger partial charge in [-0.3, -0.25) is 4.79 Å². The molecule has 0 bridgehead atoms. The predicted octanol–water partition coefficient (Wildman–Crippen LogP) is 0.437. The number of hydrogen-bond acceptors (Lipinski definition) is 3. The molecular weight excluding hydrogens is 180 g/mol. The Hall–Kier alpha value is -0.610. The summed E-state index contributed by atoms with van der Waals surface area (Å²) in [6.45, 7) is 6.11. The van der Waals surface area contributed by atoms with Gasteiger partial charge < -0.3 is 15.7 Å². The van der Waals surface area contributed by atoms with Crippen molar-refractivity contribution in [2.45, 2.75) is 38.8 Å². The van der Waals surface area contributed by atoms with Crippen molar-refractivity contribution in [1.82, 2.24) is 10.6 Å². The summed E-state index contributed by atoms with van der Waals surface area (Å²) < 4.78 is 0. The third kappa shape index (κ3) is 3.64. The zero-order chi connectivity index (χ0) is 10.6. The lowest BCUT2D eigenvalue weighted by molar-refractivity contribution is -0.145. The monoisotopic (exact) mass is 200 g/mol. The number of carboxylic acids is 1. The average Bonchev–Trinajstić information content (AvgIpc) is 1.98. The lowest BCUT2D eigenvalue weighted by Gasteiger charge is -2.33.